The second kappa shape index (κ2) is 14.4. The van der Waals surface area contributed by atoms with Crippen LogP contribution in [0.4, 0.5) is 17.1 Å². The van der Waals surface area contributed by atoms with Gasteiger partial charge in [0.2, 0.25) is 0 Å². The maximum Gasteiger partial charge on any atom is 0.136 e. The molecule has 292 valence electrons. The number of anilines is 3. The highest BCUT2D eigenvalue weighted by molar-refractivity contribution is 6.10. The van der Waals surface area contributed by atoms with Crippen LogP contribution in [0.5, 0.6) is 0 Å². The molecule has 10 aromatic carbocycles. The number of hydrogen-bond donors (Lipinski definition) is 0. The Morgan fingerprint density at radius 1 is 0.387 bits per heavy atom. The smallest absolute Gasteiger partial charge is 0.136 e. The van der Waals surface area contributed by atoms with E-state index >= 15 is 0 Å². The van der Waals surface area contributed by atoms with Gasteiger partial charge in [-0.3, -0.25) is 0 Å². The molecule has 0 radical (unpaired) electrons. The fourth-order valence-electron chi connectivity index (χ4n) is 10.2. The number of hydrogen-bond acceptors (Lipinski definition) is 2. The van der Waals surface area contributed by atoms with Crippen LogP contribution < -0.4 is 4.90 Å². The Kier molecular flexibility index (Phi) is 8.33. The van der Waals surface area contributed by atoms with Crippen molar-refractivity contribution in [2.75, 3.05) is 4.90 Å². The first kappa shape index (κ1) is 36.0. The number of rotatable bonds is 7. The molecule has 2 heteroatoms. The van der Waals surface area contributed by atoms with Gasteiger partial charge in [0.15, 0.2) is 0 Å². The summed E-state index contributed by atoms with van der Waals surface area (Å²) < 4.78 is 6.33. The Balaban J connectivity index is 1.09. The summed E-state index contributed by atoms with van der Waals surface area (Å²) in [6, 6.07) is 83.9. The van der Waals surface area contributed by atoms with Crippen molar-refractivity contribution in [2.24, 2.45) is 0 Å². The lowest BCUT2D eigenvalue weighted by Gasteiger charge is -2.32. The predicted octanol–water partition coefficient (Wildman–Crippen LogP) is 16.5. The van der Waals surface area contributed by atoms with Gasteiger partial charge in [-0.25, -0.2) is 0 Å². The number of para-hydroxylation sites is 2. The van der Waals surface area contributed by atoms with Crippen LogP contribution in [-0.2, 0) is 5.41 Å². The van der Waals surface area contributed by atoms with Crippen molar-refractivity contribution in [3.63, 3.8) is 0 Å². The van der Waals surface area contributed by atoms with E-state index in [9.17, 15) is 0 Å². The van der Waals surface area contributed by atoms with Gasteiger partial charge in [0, 0.05) is 33.0 Å². The van der Waals surface area contributed by atoms with E-state index in [-0.39, 0.29) is 5.41 Å². The van der Waals surface area contributed by atoms with Crippen LogP contribution in [-0.4, -0.2) is 0 Å². The Hall–Kier alpha value is -7.94. The number of nitrogens with zero attached hydrogens (tertiary/aromatic N) is 1. The molecule has 1 atom stereocenters. The second-order valence-electron chi connectivity index (χ2n) is 16.5. The molecule has 62 heavy (non-hydrogen) atoms. The Bertz CT molecular complexity index is 3470. The molecular formula is C60H41NO. The summed E-state index contributed by atoms with van der Waals surface area (Å²) in [6.45, 7) is 2.39. The van der Waals surface area contributed by atoms with Gasteiger partial charge in [0.1, 0.15) is 11.2 Å². The predicted molar refractivity (Wildman–Crippen MR) is 260 cm³/mol. The van der Waals surface area contributed by atoms with Crippen molar-refractivity contribution in [1.29, 1.82) is 0 Å². The molecular weight excluding hydrogens is 751 g/mol. The average Bonchev–Trinajstić information content (AvgIpc) is 3.85. The lowest BCUT2D eigenvalue weighted by atomic mass is 9.74. The molecule has 1 heterocycles. The minimum absolute atomic E-state index is 0.340. The maximum atomic E-state index is 6.33. The van der Waals surface area contributed by atoms with Gasteiger partial charge in [0.25, 0.3) is 0 Å². The zero-order chi connectivity index (χ0) is 41.2. The molecule has 0 aliphatic heterocycles. The lowest BCUT2D eigenvalue weighted by Crippen LogP contribution is -2.22. The summed E-state index contributed by atoms with van der Waals surface area (Å²) in [4.78, 5) is 2.50. The van der Waals surface area contributed by atoms with Gasteiger partial charge in [-0.05, 0) is 110 Å². The van der Waals surface area contributed by atoms with Crippen LogP contribution in [0.25, 0.3) is 77.2 Å². The zero-order valence-electron chi connectivity index (χ0n) is 34.3. The van der Waals surface area contributed by atoms with Crippen molar-refractivity contribution in [2.45, 2.75) is 12.3 Å². The zero-order valence-corrected chi connectivity index (χ0v) is 34.3. The van der Waals surface area contributed by atoms with Gasteiger partial charge < -0.3 is 9.32 Å². The second-order valence-corrected chi connectivity index (χ2v) is 16.5. The highest BCUT2D eigenvalue weighted by Gasteiger charge is 2.42. The van der Waals surface area contributed by atoms with Crippen molar-refractivity contribution < 1.29 is 4.42 Å². The molecule has 0 saturated heterocycles. The lowest BCUT2D eigenvalue weighted by molar-refractivity contribution is 0.669. The van der Waals surface area contributed by atoms with Crippen molar-refractivity contribution >= 4 is 49.8 Å². The third-order valence-electron chi connectivity index (χ3n) is 13.2. The Morgan fingerprint density at radius 2 is 0.984 bits per heavy atom. The third-order valence-corrected chi connectivity index (χ3v) is 13.2. The van der Waals surface area contributed by atoms with Gasteiger partial charge in [-0.1, -0.05) is 188 Å². The molecule has 2 nitrogen and oxygen atoms in total. The van der Waals surface area contributed by atoms with E-state index in [0.717, 1.165) is 55.7 Å². The van der Waals surface area contributed by atoms with Crippen LogP contribution in [0.3, 0.4) is 0 Å². The Morgan fingerprint density at radius 3 is 1.81 bits per heavy atom. The molecule has 0 spiro atoms. The molecule has 0 N–H and O–H groups in total. The first-order valence-electron chi connectivity index (χ1n) is 21.4. The number of fused-ring (bicyclic) bond motifs is 7. The van der Waals surface area contributed by atoms with Gasteiger partial charge in [-0.2, -0.15) is 0 Å². The summed E-state index contributed by atoms with van der Waals surface area (Å²) in [6.07, 6.45) is 0. The van der Waals surface area contributed by atoms with Crippen LogP contribution >= 0.6 is 0 Å². The normalized spacial score (nSPS) is 14.3. The SMILES string of the molecule is CC1(c2ccccc2)c2ccccc2-c2c(N(c3ccc(-c4ccc5c(c4)oc4ccccc45)cc3)c3ccccc3-c3cccc4cccc(-c5ccccc5)c34)cccc21. The summed E-state index contributed by atoms with van der Waals surface area (Å²) in [5, 5.41) is 4.73. The van der Waals surface area contributed by atoms with Crippen LogP contribution in [0.2, 0.25) is 0 Å². The van der Waals surface area contributed by atoms with Crippen molar-refractivity contribution in [3.05, 3.63) is 247 Å². The standard InChI is InChI=1S/C60H41NO/c1-60(44-21-6-3-7-22-44)52-28-11-8-25-51(52)59-53(60)29-16-31-55(59)61(45-36-33-40(34-37-45)43-35-38-49-48-24-10-13-32-56(48)62-57(49)39-43)54-30-12-9-23-47(54)50-27-15-20-42-19-14-26-46(58(42)50)41-17-4-2-5-18-41/h2-39H,1H3. The van der Waals surface area contributed by atoms with Gasteiger partial charge >= 0.3 is 0 Å². The Labute approximate surface area is 361 Å². The molecule has 1 aliphatic rings. The van der Waals surface area contributed by atoms with E-state index < -0.39 is 0 Å². The highest BCUT2D eigenvalue weighted by Crippen LogP contribution is 2.57. The molecule has 0 fully saturated rings. The molecule has 1 unspecified atom stereocenters. The molecule has 0 amide bonds. The fourth-order valence-corrected chi connectivity index (χ4v) is 10.2. The fraction of sp³-hybridized carbons (Fsp3) is 0.0333. The summed E-state index contributed by atoms with van der Waals surface area (Å²) in [7, 11) is 0. The monoisotopic (exact) mass is 791 g/mol. The highest BCUT2D eigenvalue weighted by atomic mass is 16.3. The van der Waals surface area contributed by atoms with Crippen molar-refractivity contribution in [1.82, 2.24) is 0 Å². The van der Waals surface area contributed by atoms with E-state index in [2.05, 4.69) is 230 Å². The molecule has 12 rings (SSSR count). The summed E-state index contributed by atoms with van der Waals surface area (Å²) in [5.41, 5.74) is 18.2. The van der Waals surface area contributed by atoms with Gasteiger partial charge in [-0.15, -0.1) is 0 Å². The summed E-state index contributed by atoms with van der Waals surface area (Å²) >= 11 is 0. The first-order valence-corrected chi connectivity index (χ1v) is 21.4. The maximum absolute atomic E-state index is 6.33. The average molecular weight is 792 g/mol. The molecule has 0 bridgehead atoms. The number of benzene rings is 10. The minimum atomic E-state index is -0.340. The van der Waals surface area contributed by atoms with Crippen LogP contribution in [0.15, 0.2) is 235 Å². The quantitative estimate of drug-likeness (QED) is 0.160. The van der Waals surface area contributed by atoms with E-state index in [4.69, 9.17) is 4.42 Å². The van der Waals surface area contributed by atoms with Gasteiger partial charge in [0.05, 0.1) is 11.4 Å². The van der Waals surface area contributed by atoms with E-state index in [1.807, 2.05) is 12.1 Å². The first-order chi connectivity index (χ1) is 30.6. The molecule has 0 saturated carbocycles. The van der Waals surface area contributed by atoms with E-state index in [1.165, 1.54) is 55.3 Å². The largest absolute Gasteiger partial charge is 0.456 e. The van der Waals surface area contributed by atoms with Crippen LogP contribution in [0.1, 0.15) is 23.6 Å². The minimum Gasteiger partial charge on any atom is -0.456 e. The topological polar surface area (TPSA) is 16.4 Å². The van der Waals surface area contributed by atoms with E-state index in [1.54, 1.807) is 0 Å². The van der Waals surface area contributed by atoms with E-state index in [0.29, 0.717) is 0 Å². The molecule has 1 aliphatic carbocycles. The summed E-state index contributed by atoms with van der Waals surface area (Å²) in [5.74, 6) is 0. The third kappa shape index (κ3) is 5.57. The van der Waals surface area contributed by atoms with Crippen molar-refractivity contribution in [3.8, 4) is 44.5 Å². The van der Waals surface area contributed by atoms with Crippen LogP contribution in [0, 0.1) is 0 Å². The number of furan rings is 1. The molecule has 1 aromatic heterocycles. The molecule has 11 aromatic rings.